The number of nitrogens with two attached hydrogens (primary N) is 1. The number of aldehydes is 1. The van der Waals surface area contributed by atoms with Gasteiger partial charge in [-0.15, -0.1) is 0 Å². The number of hydrogen-bond donors (Lipinski definition) is 3. The van der Waals surface area contributed by atoms with Gasteiger partial charge in [-0.3, -0.25) is 10.5 Å². The van der Waals surface area contributed by atoms with Gasteiger partial charge in [0.15, 0.2) is 11.9 Å². The highest BCUT2D eigenvalue weighted by Crippen LogP contribution is 1.96. The maximum atomic E-state index is 10.5. The van der Waals surface area contributed by atoms with Crippen molar-refractivity contribution < 1.29 is 9.59 Å². The number of carbonyl (C=O) groups excluding carboxylic acids is 2. The summed E-state index contributed by atoms with van der Waals surface area (Å²) in [5.74, 6) is 0. The van der Waals surface area contributed by atoms with E-state index in [0.717, 1.165) is 0 Å². The minimum Gasteiger partial charge on any atom is -0.315 e. The van der Waals surface area contributed by atoms with Gasteiger partial charge in [-0.05, 0) is 6.08 Å². The van der Waals surface area contributed by atoms with Gasteiger partial charge in [-0.1, -0.05) is 0 Å². The molecule has 0 aliphatic carbocycles. The molecule has 5 heteroatoms. The lowest BCUT2D eigenvalue weighted by Gasteiger charge is -2.23. The molecule has 0 fully saturated rings. The third kappa shape index (κ3) is 1.14. The normalized spacial score (nSPS) is 30.7. The molecule has 0 spiro atoms. The van der Waals surface area contributed by atoms with Crippen LogP contribution in [0.4, 0.5) is 4.79 Å². The van der Waals surface area contributed by atoms with Crippen LogP contribution in [0.15, 0.2) is 12.3 Å². The minimum absolute atomic E-state index is 0.461. The van der Waals surface area contributed by atoms with E-state index in [4.69, 9.17) is 5.73 Å². The molecule has 4 N–H and O–H groups in total. The van der Waals surface area contributed by atoms with E-state index in [-0.39, 0.29) is 0 Å². The van der Waals surface area contributed by atoms with Crippen LogP contribution >= 0.6 is 0 Å². The summed E-state index contributed by atoms with van der Waals surface area (Å²) in [6.45, 7) is 0. The second-order valence-electron chi connectivity index (χ2n) is 1.98. The van der Waals surface area contributed by atoms with Crippen molar-refractivity contribution in [1.29, 1.82) is 0 Å². The summed E-state index contributed by atoms with van der Waals surface area (Å²) in [5.41, 5.74) is 3.99. The van der Waals surface area contributed by atoms with Gasteiger partial charge in [-0.2, -0.15) is 0 Å². The third-order valence-electron chi connectivity index (χ3n) is 1.10. The monoisotopic (exact) mass is 141 g/mol. The van der Waals surface area contributed by atoms with Crippen molar-refractivity contribution in [3.8, 4) is 0 Å². The molecular weight excluding hydrogens is 134 g/mol. The van der Waals surface area contributed by atoms with Crippen molar-refractivity contribution in [2.24, 2.45) is 5.73 Å². The molecule has 0 saturated carbocycles. The number of hydrogen-bond acceptors (Lipinski definition) is 3. The highest BCUT2D eigenvalue weighted by atomic mass is 16.2. The number of rotatable bonds is 1. The van der Waals surface area contributed by atoms with Gasteiger partial charge in [0.25, 0.3) is 0 Å². The standard InChI is InChI=1S/C5H7N3O2/c6-5(3-9)1-2-7-4(10)8-5/h1-3H,6H2,(H2,7,8,10). The third-order valence-corrected chi connectivity index (χ3v) is 1.10. The molecule has 5 nitrogen and oxygen atoms in total. The van der Waals surface area contributed by atoms with Crippen LogP contribution in [0.1, 0.15) is 0 Å². The summed E-state index contributed by atoms with van der Waals surface area (Å²) < 4.78 is 0. The zero-order valence-electron chi connectivity index (χ0n) is 5.13. The van der Waals surface area contributed by atoms with Gasteiger partial charge in [0.05, 0.1) is 0 Å². The molecule has 1 rings (SSSR count). The first-order valence-corrected chi connectivity index (χ1v) is 2.68. The molecule has 0 bridgehead atoms. The molecule has 1 heterocycles. The Bertz CT molecular complexity index is 201. The summed E-state index contributed by atoms with van der Waals surface area (Å²) in [7, 11) is 0. The second-order valence-corrected chi connectivity index (χ2v) is 1.98. The van der Waals surface area contributed by atoms with Crippen molar-refractivity contribution in [3.05, 3.63) is 12.3 Å². The van der Waals surface area contributed by atoms with E-state index in [2.05, 4.69) is 10.6 Å². The number of nitrogens with one attached hydrogen (secondary N) is 2. The first-order chi connectivity index (χ1) is 4.66. The highest BCUT2D eigenvalue weighted by molar-refractivity contribution is 5.83. The van der Waals surface area contributed by atoms with E-state index in [1.54, 1.807) is 0 Å². The highest BCUT2D eigenvalue weighted by Gasteiger charge is 2.25. The van der Waals surface area contributed by atoms with E-state index >= 15 is 0 Å². The van der Waals surface area contributed by atoms with Crippen molar-refractivity contribution in [1.82, 2.24) is 10.6 Å². The zero-order chi connectivity index (χ0) is 7.61. The Morgan fingerprint density at radius 3 is 2.80 bits per heavy atom. The van der Waals surface area contributed by atoms with Crippen molar-refractivity contribution in [2.45, 2.75) is 5.66 Å². The molecule has 0 aromatic heterocycles. The summed E-state index contributed by atoms with van der Waals surface area (Å²) in [4.78, 5) is 20.7. The van der Waals surface area contributed by atoms with Gasteiger partial charge in [0.2, 0.25) is 0 Å². The fraction of sp³-hybridized carbons (Fsp3) is 0.200. The van der Waals surface area contributed by atoms with Crippen LogP contribution in [-0.2, 0) is 4.79 Å². The van der Waals surface area contributed by atoms with Gasteiger partial charge in [0, 0.05) is 6.20 Å². The second kappa shape index (κ2) is 2.11. The van der Waals surface area contributed by atoms with Crippen LogP contribution in [0.25, 0.3) is 0 Å². The van der Waals surface area contributed by atoms with Crippen LogP contribution in [0.2, 0.25) is 0 Å². The first-order valence-electron chi connectivity index (χ1n) is 2.68. The molecule has 0 aromatic carbocycles. The molecule has 0 saturated heterocycles. The number of carbonyl (C=O) groups is 2. The Morgan fingerprint density at radius 1 is 1.70 bits per heavy atom. The summed E-state index contributed by atoms with van der Waals surface area (Å²) >= 11 is 0. The molecule has 0 radical (unpaired) electrons. The summed E-state index contributed by atoms with van der Waals surface area (Å²) in [6.07, 6.45) is 3.15. The van der Waals surface area contributed by atoms with Crippen LogP contribution in [0, 0.1) is 0 Å². The molecule has 10 heavy (non-hydrogen) atoms. The lowest BCUT2D eigenvalue weighted by molar-refractivity contribution is -0.111. The van der Waals surface area contributed by atoms with E-state index < -0.39 is 11.7 Å². The van der Waals surface area contributed by atoms with E-state index in [1.165, 1.54) is 12.3 Å². The lowest BCUT2D eigenvalue weighted by atomic mass is 10.2. The molecule has 1 aliphatic rings. The fourth-order valence-corrected chi connectivity index (χ4v) is 0.598. The Morgan fingerprint density at radius 2 is 2.40 bits per heavy atom. The lowest BCUT2D eigenvalue weighted by Crippen LogP contribution is -2.60. The Balaban J connectivity index is 2.80. The predicted molar refractivity (Wildman–Crippen MR) is 33.8 cm³/mol. The summed E-state index contributed by atoms with van der Waals surface area (Å²) in [6, 6.07) is -0.475. The predicted octanol–water partition coefficient (Wildman–Crippen LogP) is -1.33. The van der Waals surface area contributed by atoms with Crippen LogP contribution in [0.3, 0.4) is 0 Å². The van der Waals surface area contributed by atoms with Crippen molar-refractivity contribution in [3.63, 3.8) is 0 Å². The SMILES string of the molecule is NC1(C=O)C=CNC(=O)N1. The summed E-state index contributed by atoms with van der Waals surface area (Å²) in [5, 5.41) is 4.52. The topological polar surface area (TPSA) is 84.2 Å². The number of amides is 2. The molecule has 2 amide bonds. The molecular formula is C5H7N3O2. The first kappa shape index (κ1) is 6.76. The molecule has 54 valence electrons. The Hall–Kier alpha value is -1.36. The van der Waals surface area contributed by atoms with Crippen molar-refractivity contribution >= 4 is 12.3 Å². The van der Waals surface area contributed by atoms with Gasteiger partial charge >= 0.3 is 6.03 Å². The molecule has 0 aromatic rings. The van der Waals surface area contributed by atoms with E-state index in [0.29, 0.717) is 6.29 Å². The quantitative estimate of drug-likeness (QED) is 0.395. The number of urea groups is 1. The average Bonchev–Trinajstić information content (AvgIpc) is 1.88. The molecule has 1 atom stereocenters. The van der Waals surface area contributed by atoms with Crippen molar-refractivity contribution in [2.75, 3.05) is 0 Å². The minimum atomic E-state index is -1.33. The van der Waals surface area contributed by atoms with Gasteiger partial charge in [-0.25, -0.2) is 4.79 Å². The largest absolute Gasteiger partial charge is 0.320 e. The van der Waals surface area contributed by atoms with Crippen LogP contribution < -0.4 is 16.4 Å². The van der Waals surface area contributed by atoms with E-state index in [1.807, 2.05) is 0 Å². The van der Waals surface area contributed by atoms with E-state index in [9.17, 15) is 9.59 Å². The Labute approximate surface area is 57.3 Å². The van der Waals surface area contributed by atoms with Crippen LogP contribution in [-0.4, -0.2) is 18.0 Å². The molecule has 1 aliphatic heterocycles. The van der Waals surface area contributed by atoms with Gasteiger partial charge < -0.3 is 10.6 Å². The fourth-order valence-electron chi connectivity index (χ4n) is 0.598. The smallest absolute Gasteiger partial charge is 0.315 e. The molecule has 1 unspecified atom stereocenters. The average molecular weight is 141 g/mol. The van der Waals surface area contributed by atoms with Gasteiger partial charge in [0.1, 0.15) is 0 Å². The maximum Gasteiger partial charge on any atom is 0.320 e. The zero-order valence-corrected chi connectivity index (χ0v) is 5.13. The maximum absolute atomic E-state index is 10.5. The Kier molecular flexibility index (Phi) is 1.42. The van der Waals surface area contributed by atoms with Crippen LogP contribution in [0.5, 0.6) is 0 Å².